The van der Waals surface area contributed by atoms with E-state index in [0.29, 0.717) is 43.3 Å². The van der Waals surface area contributed by atoms with Gasteiger partial charge in [-0.15, -0.1) is 0 Å². The van der Waals surface area contributed by atoms with E-state index in [2.05, 4.69) is 12.2 Å². The molecular formula is C26H34N2O5. The Bertz CT molecular complexity index is 922. The maximum Gasteiger partial charge on any atom is 0.227 e. The van der Waals surface area contributed by atoms with E-state index in [1.807, 2.05) is 42.5 Å². The summed E-state index contributed by atoms with van der Waals surface area (Å²) in [5, 5.41) is 3.05. The lowest BCUT2D eigenvalue weighted by Gasteiger charge is -2.21. The lowest BCUT2D eigenvalue weighted by Crippen LogP contribution is -2.36. The van der Waals surface area contributed by atoms with Gasteiger partial charge in [-0.05, 0) is 29.7 Å². The zero-order valence-electron chi connectivity index (χ0n) is 19.9. The van der Waals surface area contributed by atoms with Gasteiger partial charge in [-0.2, -0.15) is 0 Å². The number of ether oxygens (including phenoxy) is 3. The highest BCUT2D eigenvalue weighted by Gasteiger charge is 2.41. The van der Waals surface area contributed by atoms with Crippen LogP contribution in [0.1, 0.15) is 36.8 Å². The number of hydrogen-bond donors (Lipinski definition) is 1. The van der Waals surface area contributed by atoms with Crippen molar-refractivity contribution in [3.8, 4) is 17.2 Å². The first kappa shape index (κ1) is 24.4. The van der Waals surface area contributed by atoms with Gasteiger partial charge in [0.1, 0.15) is 0 Å². The van der Waals surface area contributed by atoms with E-state index in [1.54, 1.807) is 26.2 Å². The minimum Gasteiger partial charge on any atom is -0.493 e. The predicted molar refractivity (Wildman–Crippen MR) is 127 cm³/mol. The molecule has 0 aliphatic carbocycles. The van der Waals surface area contributed by atoms with Crippen molar-refractivity contribution in [2.24, 2.45) is 5.92 Å². The van der Waals surface area contributed by atoms with Gasteiger partial charge in [0.25, 0.3) is 0 Å². The molecule has 2 atom stereocenters. The molecule has 3 rings (SSSR count). The second kappa shape index (κ2) is 11.6. The van der Waals surface area contributed by atoms with Gasteiger partial charge in [0.2, 0.25) is 17.6 Å². The van der Waals surface area contributed by atoms with E-state index in [4.69, 9.17) is 14.2 Å². The highest BCUT2D eigenvalue weighted by Crippen LogP contribution is 2.43. The van der Waals surface area contributed by atoms with Crippen LogP contribution in [0.15, 0.2) is 42.5 Å². The molecule has 178 valence electrons. The average Bonchev–Trinajstić information content (AvgIpc) is 3.29. The van der Waals surface area contributed by atoms with Crippen molar-refractivity contribution >= 4 is 11.8 Å². The van der Waals surface area contributed by atoms with Gasteiger partial charge in [-0.3, -0.25) is 9.59 Å². The van der Waals surface area contributed by atoms with Crippen LogP contribution in [0.4, 0.5) is 0 Å². The molecule has 1 aliphatic heterocycles. The van der Waals surface area contributed by atoms with E-state index in [-0.39, 0.29) is 23.7 Å². The fourth-order valence-corrected chi connectivity index (χ4v) is 4.33. The molecule has 7 heteroatoms. The number of carbonyl (C=O) groups is 2. The highest BCUT2D eigenvalue weighted by atomic mass is 16.5. The van der Waals surface area contributed by atoms with Crippen molar-refractivity contribution in [3.05, 3.63) is 53.6 Å². The van der Waals surface area contributed by atoms with Crippen molar-refractivity contribution in [2.75, 3.05) is 41.0 Å². The normalized spacial score (nSPS) is 17.5. The van der Waals surface area contributed by atoms with Gasteiger partial charge in [0.05, 0.1) is 33.7 Å². The molecule has 2 amide bonds. The molecule has 33 heavy (non-hydrogen) atoms. The van der Waals surface area contributed by atoms with Crippen LogP contribution in [-0.4, -0.2) is 57.7 Å². The van der Waals surface area contributed by atoms with Crippen LogP contribution < -0.4 is 19.5 Å². The van der Waals surface area contributed by atoms with E-state index in [0.717, 1.165) is 24.0 Å². The van der Waals surface area contributed by atoms with Gasteiger partial charge < -0.3 is 24.4 Å². The second-order valence-corrected chi connectivity index (χ2v) is 8.28. The number of rotatable bonds is 10. The fraction of sp³-hybridized carbons (Fsp3) is 0.462. The summed E-state index contributed by atoms with van der Waals surface area (Å²) in [4.78, 5) is 28.0. The van der Waals surface area contributed by atoms with E-state index in [9.17, 15) is 9.59 Å². The number of benzene rings is 2. The zero-order chi connectivity index (χ0) is 23.8. The number of likely N-dealkylation sites (tertiary alicyclic amines) is 1. The summed E-state index contributed by atoms with van der Waals surface area (Å²) in [6.07, 6.45) is 2.24. The molecule has 1 saturated heterocycles. The number of carbonyl (C=O) groups excluding carboxylic acids is 2. The first-order valence-corrected chi connectivity index (χ1v) is 11.4. The average molecular weight is 455 g/mol. The number of unbranched alkanes of at least 4 members (excludes halogenated alkanes) is 1. The summed E-state index contributed by atoms with van der Waals surface area (Å²) in [7, 11) is 4.70. The molecule has 0 radical (unpaired) electrons. The minimum atomic E-state index is -0.357. The third kappa shape index (κ3) is 5.78. The largest absolute Gasteiger partial charge is 0.493 e. The maximum atomic E-state index is 13.1. The molecule has 0 aromatic heterocycles. The fourth-order valence-electron chi connectivity index (χ4n) is 4.33. The van der Waals surface area contributed by atoms with E-state index in [1.165, 1.54) is 0 Å². The van der Waals surface area contributed by atoms with Crippen molar-refractivity contribution in [1.29, 1.82) is 0 Å². The zero-order valence-corrected chi connectivity index (χ0v) is 19.9. The molecule has 0 unspecified atom stereocenters. The number of nitrogens with one attached hydrogen (secondary N) is 1. The van der Waals surface area contributed by atoms with Crippen LogP contribution in [0.5, 0.6) is 17.2 Å². The maximum absolute atomic E-state index is 13.1. The Balaban J connectivity index is 1.89. The first-order valence-electron chi connectivity index (χ1n) is 11.4. The first-order chi connectivity index (χ1) is 16.0. The Morgan fingerprint density at radius 1 is 1.00 bits per heavy atom. The Morgan fingerprint density at radius 3 is 2.24 bits per heavy atom. The number of hydrogen-bond acceptors (Lipinski definition) is 5. The van der Waals surface area contributed by atoms with Crippen molar-refractivity contribution < 1.29 is 23.8 Å². The Labute approximate surface area is 196 Å². The van der Waals surface area contributed by atoms with Crippen LogP contribution in [0, 0.1) is 5.92 Å². The second-order valence-electron chi connectivity index (χ2n) is 8.28. The number of amides is 2. The standard InChI is InChI=1S/C26H34N2O5/c1-5-6-12-27-26(30)21-17-28(24(29)13-18-10-8-7-9-11-18)16-20(21)19-14-22(31-2)25(33-4)23(15-19)32-3/h7-11,14-15,20-21H,5-6,12-13,16-17H2,1-4H3,(H,27,30)/t20-,21+/m0/s1. The van der Waals surface area contributed by atoms with Crippen LogP contribution in [-0.2, 0) is 16.0 Å². The molecule has 0 saturated carbocycles. The molecule has 7 nitrogen and oxygen atoms in total. The molecule has 1 heterocycles. The summed E-state index contributed by atoms with van der Waals surface area (Å²) in [5.74, 6) is 1.02. The van der Waals surface area contributed by atoms with Gasteiger partial charge >= 0.3 is 0 Å². The Hall–Kier alpha value is -3.22. The van der Waals surface area contributed by atoms with Crippen LogP contribution in [0.2, 0.25) is 0 Å². The highest BCUT2D eigenvalue weighted by molar-refractivity contribution is 5.84. The summed E-state index contributed by atoms with van der Waals surface area (Å²) >= 11 is 0. The summed E-state index contributed by atoms with van der Waals surface area (Å²) in [6.45, 7) is 3.55. The lowest BCUT2D eigenvalue weighted by atomic mass is 9.88. The molecular weight excluding hydrogens is 420 g/mol. The van der Waals surface area contributed by atoms with Gasteiger partial charge in [0.15, 0.2) is 11.5 Å². The van der Waals surface area contributed by atoms with E-state index >= 15 is 0 Å². The van der Waals surface area contributed by atoms with Crippen molar-refractivity contribution in [3.63, 3.8) is 0 Å². The molecule has 0 bridgehead atoms. The van der Waals surface area contributed by atoms with Gasteiger partial charge in [-0.1, -0.05) is 43.7 Å². The quantitative estimate of drug-likeness (QED) is 0.557. The Morgan fingerprint density at radius 2 is 1.67 bits per heavy atom. The predicted octanol–water partition coefficient (Wildman–Crippen LogP) is 3.41. The van der Waals surface area contributed by atoms with E-state index < -0.39 is 0 Å². The van der Waals surface area contributed by atoms with Gasteiger partial charge in [0, 0.05) is 25.6 Å². The monoisotopic (exact) mass is 454 g/mol. The molecule has 2 aromatic carbocycles. The number of methoxy groups -OCH3 is 3. The summed E-state index contributed by atoms with van der Waals surface area (Å²) in [5.41, 5.74) is 1.85. The van der Waals surface area contributed by atoms with Gasteiger partial charge in [-0.25, -0.2) is 0 Å². The third-order valence-corrected chi connectivity index (χ3v) is 6.15. The van der Waals surface area contributed by atoms with Crippen molar-refractivity contribution in [2.45, 2.75) is 32.1 Å². The topological polar surface area (TPSA) is 77.1 Å². The van der Waals surface area contributed by atoms with Crippen molar-refractivity contribution in [1.82, 2.24) is 10.2 Å². The lowest BCUT2D eigenvalue weighted by molar-refractivity contribution is -0.130. The summed E-state index contributed by atoms with van der Waals surface area (Å²) in [6, 6.07) is 13.4. The third-order valence-electron chi connectivity index (χ3n) is 6.15. The molecule has 0 spiro atoms. The van der Waals surface area contributed by atoms with Crippen LogP contribution in [0.3, 0.4) is 0 Å². The molecule has 1 fully saturated rings. The van der Waals surface area contributed by atoms with Crippen LogP contribution in [0.25, 0.3) is 0 Å². The van der Waals surface area contributed by atoms with Crippen LogP contribution >= 0.6 is 0 Å². The smallest absolute Gasteiger partial charge is 0.227 e. The molecule has 2 aromatic rings. The summed E-state index contributed by atoms with van der Waals surface area (Å²) < 4.78 is 16.5. The number of nitrogens with zero attached hydrogens (tertiary/aromatic N) is 1. The Kier molecular flexibility index (Phi) is 8.58. The minimum absolute atomic E-state index is 0.0162. The molecule has 1 N–H and O–H groups in total. The molecule has 1 aliphatic rings. The SMILES string of the molecule is CCCCNC(=O)[C@@H]1CN(C(=O)Cc2ccccc2)C[C@H]1c1cc(OC)c(OC)c(OC)c1.